The van der Waals surface area contributed by atoms with E-state index in [9.17, 15) is 0 Å². The predicted octanol–water partition coefficient (Wildman–Crippen LogP) is 3.11. The maximum Gasteiger partial charge on any atom is 0.0390 e. The van der Waals surface area contributed by atoms with Gasteiger partial charge < -0.3 is 10.6 Å². The molecule has 1 saturated carbocycles. The van der Waals surface area contributed by atoms with Gasteiger partial charge in [0.05, 0.1) is 0 Å². The lowest BCUT2D eigenvalue weighted by molar-refractivity contribution is 0.642. The van der Waals surface area contributed by atoms with Gasteiger partial charge in [-0.1, -0.05) is 25.0 Å². The SMILES string of the molecule is Cl.c1cc2c(c(NC3CCCC3)c1)CNCC2. The maximum absolute atomic E-state index is 3.73. The minimum atomic E-state index is 0. The van der Waals surface area contributed by atoms with Gasteiger partial charge in [-0.3, -0.25) is 0 Å². The summed E-state index contributed by atoms with van der Waals surface area (Å²) < 4.78 is 0. The number of hydrogen-bond donors (Lipinski definition) is 2. The standard InChI is InChI=1S/C14H20N2.ClH/c1-2-6-12(5-1)16-14-7-3-4-11-8-9-15-10-13(11)14;/h3-4,7,12,15-16H,1-2,5-6,8-10H2;1H. The summed E-state index contributed by atoms with van der Waals surface area (Å²) in [5.41, 5.74) is 4.40. The van der Waals surface area contributed by atoms with Crippen molar-refractivity contribution in [3.05, 3.63) is 29.3 Å². The Balaban J connectivity index is 0.00000108. The molecule has 0 bridgehead atoms. The third-order valence-electron chi connectivity index (χ3n) is 3.86. The molecule has 3 rings (SSSR count). The van der Waals surface area contributed by atoms with E-state index in [4.69, 9.17) is 0 Å². The zero-order valence-corrected chi connectivity index (χ0v) is 11.0. The Bertz CT molecular complexity index is 372. The second kappa shape index (κ2) is 5.74. The van der Waals surface area contributed by atoms with E-state index in [-0.39, 0.29) is 12.4 Å². The lowest BCUT2D eigenvalue weighted by Crippen LogP contribution is -2.26. The summed E-state index contributed by atoms with van der Waals surface area (Å²) in [5.74, 6) is 0. The number of rotatable bonds is 2. The molecule has 0 amide bonds. The third kappa shape index (κ3) is 2.75. The largest absolute Gasteiger partial charge is 0.382 e. The minimum absolute atomic E-state index is 0. The molecule has 3 heteroatoms. The van der Waals surface area contributed by atoms with Gasteiger partial charge in [0.1, 0.15) is 0 Å². The molecule has 1 aliphatic heterocycles. The van der Waals surface area contributed by atoms with Crippen molar-refractivity contribution in [2.45, 2.75) is 44.7 Å². The normalized spacial score (nSPS) is 19.5. The fraction of sp³-hybridized carbons (Fsp3) is 0.571. The first-order chi connectivity index (χ1) is 7.93. The number of fused-ring (bicyclic) bond motifs is 1. The molecule has 0 saturated heterocycles. The summed E-state index contributed by atoms with van der Waals surface area (Å²) >= 11 is 0. The van der Waals surface area contributed by atoms with Crippen molar-refractivity contribution in [2.75, 3.05) is 11.9 Å². The second-order valence-corrected chi connectivity index (χ2v) is 5.00. The molecule has 0 atom stereocenters. The van der Waals surface area contributed by atoms with Crippen LogP contribution in [0.2, 0.25) is 0 Å². The van der Waals surface area contributed by atoms with Crippen molar-refractivity contribution < 1.29 is 0 Å². The first-order valence-electron chi connectivity index (χ1n) is 6.51. The molecule has 0 aromatic heterocycles. The van der Waals surface area contributed by atoms with Crippen molar-refractivity contribution in [3.63, 3.8) is 0 Å². The molecule has 17 heavy (non-hydrogen) atoms. The van der Waals surface area contributed by atoms with Gasteiger partial charge in [0.2, 0.25) is 0 Å². The first kappa shape index (κ1) is 12.7. The first-order valence-corrected chi connectivity index (χ1v) is 6.51. The fourth-order valence-corrected chi connectivity index (χ4v) is 2.94. The number of anilines is 1. The fourth-order valence-electron chi connectivity index (χ4n) is 2.94. The van der Waals surface area contributed by atoms with Gasteiger partial charge in [0.25, 0.3) is 0 Å². The lowest BCUT2D eigenvalue weighted by atomic mass is 9.99. The Labute approximate surface area is 110 Å². The van der Waals surface area contributed by atoms with Gasteiger partial charge in [0.15, 0.2) is 0 Å². The van der Waals surface area contributed by atoms with E-state index in [0.29, 0.717) is 6.04 Å². The molecule has 1 fully saturated rings. The van der Waals surface area contributed by atoms with Gasteiger partial charge in [0, 0.05) is 18.3 Å². The van der Waals surface area contributed by atoms with Gasteiger partial charge in [-0.05, 0) is 43.0 Å². The Hall–Kier alpha value is -0.730. The van der Waals surface area contributed by atoms with E-state index in [0.717, 1.165) is 13.1 Å². The Morgan fingerprint density at radius 2 is 2.00 bits per heavy atom. The number of halogens is 1. The van der Waals surface area contributed by atoms with E-state index in [1.807, 2.05) is 0 Å². The van der Waals surface area contributed by atoms with Crippen molar-refractivity contribution in [3.8, 4) is 0 Å². The zero-order chi connectivity index (χ0) is 10.8. The van der Waals surface area contributed by atoms with Crippen molar-refractivity contribution in [2.24, 2.45) is 0 Å². The molecule has 2 aliphatic rings. The summed E-state index contributed by atoms with van der Waals surface area (Å²) in [6.07, 6.45) is 6.65. The Morgan fingerprint density at radius 3 is 2.82 bits per heavy atom. The third-order valence-corrected chi connectivity index (χ3v) is 3.86. The van der Waals surface area contributed by atoms with Gasteiger partial charge in [-0.15, -0.1) is 12.4 Å². The second-order valence-electron chi connectivity index (χ2n) is 5.00. The van der Waals surface area contributed by atoms with E-state index >= 15 is 0 Å². The van der Waals surface area contributed by atoms with Crippen LogP contribution in [-0.4, -0.2) is 12.6 Å². The summed E-state index contributed by atoms with van der Waals surface area (Å²) in [7, 11) is 0. The summed E-state index contributed by atoms with van der Waals surface area (Å²) in [4.78, 5) is 0. The van der Waals surface area contributed by atoms with Crippen LogP contribution < -0.4 is 10.6 Å². The quantitative estimate of drug-likeness (QED) is 0.845. The average Bonchev–Trinajstić information content (AvgIpc) is 2.82. The Morgan fingerprint density at radius 1 is 1.18 bits per heavy atom. The van der Waals surface area contributed by atoms with Crippen LogP contribution in [0.1, 0.15) is 36.8 Å². The summed E-state index contributed by atoms with van der Waals surface area (Å²) in [6, 6.07) is 7.43. The molecule has 1 aliphatic carbocycles. The number of hydrogen-bond acceptors (Lipinski definition) is 2. The van der Waals surface area contributed by atoms with Crippen LogP contribution in [0.4, 0.5) is 5.69 Å². The highest BCUT2D eigenvalue weighted by Crippen LogP contribution is 2.27. The molecular weight excluding hydrogens is 232 g/mol. The molecule has 1 aromatic rings. The van der Waals surface area contributed by atoms with Crippen molar-refractivity contribution in [1.29, 1.82) is 0 Å². The molecule has 94 valence electrons. The number of nitrogens with one attached hydrogen (secondary N) is 2. The van der Waals surface area contributed by atoms with Gasteiger partial charge in [-0.2, -0.15) is 0 Å². The van der Waals surface area contributed by atoms with Crippen LogP contribution >= 0.6 is 12.4 Å². The van der Waals surface area contributed by atoms with Crippen LogP contribution in [0, 0.1) is 0 Å². The van der Waals surface area contributed by atoms with E-state index in [2.05, 4.69) is 28.8 Å². The highest BCUT2D eigenvalue weighted by molar-refractivity contribution is 5.85. The molecule has 2 nitrogen and oxygen atoms in total. The summed E-state index contributed by atoms with van der Waals surface area (Å²) in [6.45, 7) is 2.16. The van der Waals surface area contributed by atoms with Crippen LogP contribution in [0.15, 0.2) is 18.2 Å². The van der Waals surface area contributed by atoms with Crippen LogP contribution in [0.5, 0.6) is 0 Å². The molecule has 1 aromatic carbocycles. The highest BCUT2D eigenvalue weighted by atomic mass is 35.5. The van der Waals surface area contributed by atoms with Crippen molar-refractivity contribution in [1.82, 2.24) is 5.32 Å². The van der Waals surface area contributed by atoms with Gasteiger partial charge in [-0.25, -0.2) is 0 Å². The average molecular weight is 253 g/mol. The number of benzene rings is 1. The monoisotopic (exact) mass is 252 g/mol. The molecule has 0 radical (unpaired) electrons. The molecule has 0 unspecified atom stereocenters. The van der Waals surface area contributed by atoms with Crippen LogP contribution in [0.3, 0.4) is 0 Å². The van der Waals surface area contributed by atoms with Crippen molar-refractivity contribution >= 4 is 18.1 Å². The maximum atomic E-state index is 3.73. The van der Waals surface area contributed by atoms with E-state index in [1.54, 1.807) is 0 Å². The summed E-state index contributed by atoms with van der Waals surface area (Å²) in [5, 5.41) is 7.20. The van der Waals surface area contributed by atoms with E-state index in [1.165, 1.54) is 48.9 Å². The molecule has 0 spiro atoms. The van der Waals surface area contributed by atoms with E-state index < -0.39 is 0 Å². The predicted molar refractivity (Wildman–Crippen MR) is 75.0 cm³/mol. The van der Waals surface area contributed by atoms with Gasteiger partial charge >= 0.3 is 0 Å². The van der Waals surface area contributed by atoms with Crippen LogP contribution in [0.25, 0.3) is 0 Å². The molecule has 2 N–H and O–H groups in total. The lowest BCUT2D eigenvalue weighted by Gasteiger charge is -2.23. The smallest absolute Gasteiger partial charge is 0.0390 e. The topological polar surface area (TPSA) is 24.1 Å². The van der Waals surface area contributed by atoms with Crippen LogP contribution in [-0.2, 0) is 13.0 Å². The minimum Gasteiger partial charge on any atom is -0.382 e. The Kier molecular flexibility index (Phi) is 4.30. The zero-order valence-electron chi connectivity index (χ0n) is 10.2. The molecular formula is C14H21ClN2. The molecule has 1 heterocycles. The highest BCUT2D eigenvalue weighted by Gasteiger charge is 2.18.